The van der Waals surface area contributed by atoms with Gasteiger partial charge in [-0.15, -0.1) is 0 Å². The second-order valence-electron chi connectivity index (χ2n) is 3.88. The Bertz CT molecular complexity index is 817. The molecule has 0 bridgehead atoms. The molecule has 0 N–H and O–H groups in total. The van der Waals surface area contributed by atoms with E-state index in [1.54, 1.807) is 18.3 Å². The normalized spacial score (nSPS) is 10.8. The lowest BCUT2D eigenvalue weighted by Gasteiger charge is -2.07. The van der Waals surface area contributed by atoms with Gasteiger partial charge in [-0.1, -0.05) is 11.6 Å². The van der Waals surface area contributed by atoms with Gasteiger partial charge in [0.1, 0.15) is 17.7 Å². The molecule has 94 valence electrons. The summed E-state index contributed by atoms with van der Waals surface area (Å²) in [7, 11) is 0. The van der Waals surface area contributed by atoms with Crippen molar-refractivity contribution in [3.05, 3.63) is 64.2 Å². The van der Waals surface area contributed by atoms with E-state index in [1.807, 2.05) is 0 Å². The highest BCUT2D eigenvalue weighted by molar-refractivity contribution is 6.35. The van der Waals surface area contributed by atoms with Crippen molar-refractivity contribution >= 4 is 22.5 Å². The molecule has 6 heteroatoms. The molecule has 0 radical (unpaired) electrons. The van der Waals surface area contributed by atoms with Crippen LogP contribution in [0.25, 0.3) is 16.6 Å². The first-order chi connectivity index (χ1) is 9.18. The Kier molecular flexibility index (Phi) is 2.76. The molecule has 19 heavy (non-hydrogen) atoms. The van der Waals surface area contributed by atoms with E-state index in [-0.39, 0.29) is 15.9 Å². The Morgan fingerprint density at radius 2 is 2.11 bits per heavy atom. The molecule has 2 heterocycles. The third kappa shape index (κ3) is 1.88. The van der Waals surface area contributed by atoms with Crippen LogP contribution in [0.15, 0.2) is 47.8 Å². The van der Waals surface area contributed by atoms with E-state index < -0.39 is 11.4 Å². The molecule has 0 aliphatic heterocycles. The number of aromatic nitrogens is 3. The fourth-order valence-electron chi connectivity index (χ4n) is 1.84. The molecule has 2 aromatic heterocycles. The SMILES string of the molecule is O=c1c2c(Cl)ccc(F)c2ncn1-c1cccnc1. The van der Waals surface area contributed by atoms with Gasteiger partial charge in [-0.3, -0.25) is 14.3 Å². The summed E-state index contributed by atoms with van der Waals surface area (Å²) in [6.45, 7) is 0. The molecule has 0 amide bonds. The van der Waals surface area contributed by atoms with Crippen LogP contribution >= 0.6 is 11.6 Å². The highest BCUT2D eigenvalue weighted by atomic mass is 35.5. The average Bonchev–Trinajstić information content (AvgIpc) is 2.44. The van der Waals surface area contributed by atoms with Crippen molar-refractivity contribution in [1.29, 1.82) is 0 Å². The predicted octanol–water partition coefficient (Wildman–Crippen LogP) is 2.57. The van der Waals surface area contributed by atoms with Crippen molar-refractivity contribution < 1.29 is 4.39 Å². The van der Waals surface area contributed by atoms with E-state index in [0.717, 1.165) is 0 Å². The Morgan fingerprint density at radius 3 is 2.84 bits per heavy atom. The molecule has 0 aliphatic rings. The minimum absolute atomic E-state index is 0.0300. The molecule has 0 fully saturated rings. The first-order valence-corrected chi connectivity index (χ1v) is 5.82. The summed E-state index contributed by atoms with van der Waals surface area (Å²) in [4.78, 5) is 20.2. The van der Waals surface area contributed by atoms with Crippen molar-refractivity contribution in [3.8, 4) is 5.69 Å². The van der Waals surface area contributed by atoms with Crippen LogP contribution in [-0.4, -0.2) is 14.5 Å². The highest BCUT2D eigenvalue weighted by Gasteiger charge is 2.12. The van der Waals surface area contributed by atoms with Crippen molar-refractivity contribution in [2.75, 3.05) is 0 Å². The zero-order chi connectivity index (χ0) is 13.4. The van der Waals surface area contributed by atoms with Crippen LogP contribution < -0.4 is 5.56 Å². The van der Waals surface area contributed by atoms with Crippen LogP contribution in [0.2, 0.25) is 5.02 Å². The van der Waals surface area contributed by atoms with Crippen LogP contribution in [-0.2, 0) is 0 Å². The summed E-state index contributed by atoms with van der Waals surface area (Å²) < 4.78 is 14.9. The summed E-state index contributed by atoms with van der Waals surface area (Å²) in [5.41, 5.74) is 0.0855. The fraction of sp³-hybridized carbons (Fsp3) is 0. The van der Waals surface area contributed by atoms with Gasteiger partial charge in [-0.25, -0.2) is 9.37 Å². The first kappa shape index (κ1) is 11.8. The summed E-state index contributed by atoms with van der Waals surface area (Å²) >= 11 is 5.96. The molecule has 0 aliphatic carbocycles. The highest BCUT2D eigenvalue weighted by Crippen LogP contribution is 2.21. The maximum absolute atomic E-state index is 13.6. The molecule has 0 atom stereocenters. The first-order valence-electron chi connectivity index (χ1n) is 5.44. The van der Waals surface area contributed by atoms with E-state index in [0.29, 0.717) is 5.69 Å². The van der Waals surface area contributed by atoms with Crippen LogP contribution in [0.4, 0.5) is 4.39 Å². The number of hydrogen-bond acceptors (Lipinski definition) is 3. The largest absolute Gasteiger partial charge is 0.268 e. The Morgan fingerprint density at radius 1 is 1.26 bits per heavy atom. The number of benzene rings is 1. The minimum atomic E-state index is -0.574. The lowest BCUT2D eigenvalue weighted by Crippen LogP contribution is -2.19. The van der Waals surface area contributed by atoms with E-state index in [1.165, 1.54) is 29.2 Å². The number of pyridine rings is 1. The summed E-state index contributed by atoms with van der Waals surface area (Å²) in [6.07, 6.45) is 4.37. The van der Waals surface area contributed by atoms with Gasteiger partial charge in [0.2, 0.25) is 0 Å². The van der Waals surface area contributed by atoms with Crippen LogP contribution in [0.3, 0.4) is 0 Å². The lowest BCUT2D eigenvalue weighted by molar-refractivity contribution is 0.636. The number of fused-ring (bicyclic) bond motifs is 1. The number of nitrogens with zero attached hydrogens (tertiary/aromatic N) is 3. The summed E-state index contributed by atoms with van der Waals surface area (Å²) in [6, 6.07) is 5.93. The zero-order valence-corrected chi connectivity index (χ0v) is 10.3. The third-order valence-electron chi connectivity index (χ3n) is 2.74. The molecule has 0 unspecified atom stereocenters. The smallest absolute Gasteiger partial charge is 0.267 e. The topological polar surface area (TPSA) is 47.8 Å². The summed E-state index contributed by atoms with van der Waals surface area (Å²) in [5, 5.41) is 0.236. The van der Waals surface area contributed by atoms with Crippen molar-refractivity contribution in [2.24, 2.45) is 0 Å². The molecule has 0 saturated heterocycles. The van der Waals surface area contributed by atoms with Gasteiger partial charge >= 0.3 is 0 Å². The Labute approximate surface area is 112 Å². The van der Waals surface area contributed by atoms with Gasteiger partial charge in [0.05, 0.1) is 22.3 Å². The molecule has 1 aromatic carbocycles. The van der Waals surface area contributed by atoms with Gasteiger partial charge < -0.3 is 0 Å². The quantitative estimate of drug-likeness (QED) is 0.686. The predicted molar refractivity (Wildman–Crippen MR) is 70.1 cm³/mol. The zero-order valence-electron chi connectivity index (χ0n) is 9.55. The minimum Gasteiger partial charge on any atom is -0.268 e. The van der Waals surface area contributed by atoms with Crippen LogP contribution in [0.1, 0.15) is 0 Å². The number of rotatable bonds is 1. The van der Waals surface area contributed by atoms with Crippen molar-refractivity contribution in [1.82, 2.24) is 14.5 Å². The van der Waals surface area contributed by atoms with E-state index in [4.69, 9.17) is 11.6 Å². The van der Waals surface area contributed by atoms with E-state index >= 15 is 0 Å². The average molecular weight is 276 g/mol. The lowest BCUT2D eigenvalue weighted by atomic mass is 10.2. The van der Waals surface area contributed by atoms with Crippen molar-refractivity contribution in [2.45, 2.75) is 0 Å². The molecule has 4 nitrogen and oxygen atoms in total. The Hall–Kier alpha value is -2.27. The molecular formula is C13H7ClFN3O. The standard InChI is InChI=1S/C13H7ClFN3O/c14-9-3-4-10(15)12-11(9)13(19)18(7-17-12)8-2-1-5-16-6-8/h1-7H. The van der Waals surface area contributed by atoms with Crippen LogP contribution in [0.5, 0.6) is 0 Å². The molecule has 0 saturated carbocycles. The van der Waals surface area contributed by atoms with Gasteiger partial charge in [0.15, 0.2) is 0 Å². The molecule has 3 aromatic rings. The second kappa shape index (κ2) is 4.44. The molecular weight excluding hydrogens is 269 g/mol. The van der Waals surface area contributed by atoms with Gasteiger partial charge in [-0.05, 0) is 24.3 Å². The van der Waals surface area contributed by atoms with Crippen LogP contribution in [0, 0.1) is 5.82 Å². The maximum atomic E-state index is 13.6. The van der Waals surface area contributed by atoms with E-state index in [9.17, 15) is 9.18 Å². The maximum Gasteiger partial charge on any atom is 0.267 e. The number of hydrogen-bond donors (Lipinski definition) is 0. The summed E-state index contributed by atoms with van der Waals surface area (Å²) in [5.74, 6) is -0.574. The Balaban J connectivity index is 2.40. The van der Waals surface area contributed by atoms with Gasteiger partial charge in [-0.2, -0.15) is 0 Å². The van der Waals surface area contributed by atoms with E-state index in [2.05, 4.69) is 9.97 Å². The fourth-order valence-corrected chi connectivity index (χ4v) is 2.07. The van der Waals surface area contributed by atoms with Gasteiger partial charge in [0.25, 0.3) is 5.56 Å². The molecule has 0 spiro atoms. The monoisotopic (exact) mass is 275 g/mol. The number of halogens is 2. The van der Waals surface area contributed by atoms with Gasteiger partial charge in [0, 0.05) is 6.20 Å². The molecule has 3 rings (SSSR count). The van der Waals surface area contributed by atoms with Crippen molar-refractivity contribution in [3.63, 3.8) is 0 Å². The third-order valence-corrected chi connectivity index (χ3v) is 3.05. The second-order valence-corrected chi connectivity index (χ2v) is 4.29.